The van der Waals surface area contributed by atoms with Gasteiger partial charge in [0.25, 0.3) is 0 Å². The predicted molar refractivity (Wildman–Crippen MR) is 104 cm³/mol. The lowest BCUT2D eigenvalue weighted by molar-refractivity contribution is -0.991. The van der Waals surface area contributed by atoms with Gasteiger partial charge >= 0.3 is 0 Å². The summed E-state index contributed by atoms with van der Waals surface area (Å²) in [6, 6.07) is 14.3. The van der Waals surface area contributed by atoms with Crippen molar-refractivity contribution >= 4 is 22.8 Å². The van der Waals surface area contributed by atoms with Crippen LogP contribution in [-0.4, -0.2) is 11.0 Å². The molecule has 1 aliphatic heterocycles. The van der Waals surface area contributed by atoms with Crippen LogP contribution in [0.1, 0.15) is 38.3 Å². The molecule has 2 aliphatic rings. The number of para-hydroxylation sites is 2. The molecule has 4 N–H and O–H groups in total. The Kier molecular flexibility index (Phi) is 4.26. The van der Waals surface area contributed by atoms with Crippen LogP contribution in [0.25, 0.3) is 0 Å². The van der Waals surface area contributed by atoms with E-state index in [0.29, 0.717) is 6.42 Å². The molecule has 0 saturated heterocycles. The molecule has 4 rings (SSSR count). The van der Waals surface area contributed by atoms with Crippen molar-refractivity contribution in [3.05, 3.63) is 70.6 Å². The number of rotatable bonds is 2. The quantitative estimate of drug-likeness (QED) is 0.613. The van der Waals surface area contributed by atoms with Gasteiger partial charge in [-0.25, -0.2) is 5.21 Å². The maximum absolute atomic E-state index is 13.1. The zero-order chi connectivity index (χ0) is 19.2. The Morgan fingerprint density at radius 2 is 1.74 bits per heavy atom. The van der Waals surface area contributed by atoms with Gasteiger partial charge in [-0.3, -0.25) is 4.79 Å². The van der Waals surface area contributed by atoms with Crippen molar-refractivity contribution in [2.24, 2.45) is 5.41 Å². The number of hydrogen-bond donors (Lipinski definition) is 4. The molecule has 0 radical (unpaired) electrons. The monoisotopic (exact) mass is 365 g/mol. The molecule has 6 heteroatoms. The highest BCUT2D eigenvalue weighted by Crippen LogP contribution is 2.45. The fourth-order valence-corrected chi connectivity index (χ4v) is 3.96. The van der Waals surface area contributed by atoms with Crippen molar-refractivity contribution in [1.29, 1.82) is 0 Å². The third kappa shape index (κ3) is 3.35. The molecule has 1 aliphatic carbocycles. The lowest BCUT2D eigenvalue weighted by Crippen LogP contribution is -2.99. The topological polar surface area (TPSA) is 88.9 Å². The molecule has 0 amide bonds. The van der Waals surface area contributed by atoms with Gasteiger partial charge in [0.15, 0.2) is 11.5 Å². The van der Waals surface area contributed by atoms with E-state index in [0.717, 1.165) is 34.6 Å². The Hall–Kier alpha value is -2.67. The highest BCUT2D eigenvalue weighted by atomic mass is 16.8. The smallest absolute Gasteiger partial charge is 0.163 e. The number of allylic oxidation sites excluding steroid dienone is 1. The molecule has 0 bridgehead atoms. The van der Waals surface area contributed by atoms with Crippen molar-refractivity contribution in [3.63, 3.8) is 0 Å². The highest BCUT2D eigenvalue weighted by Gasteiger charge is 2.38. The molecule has 2 unspecified atom stereocenters. The van der Waals surface area contributed by atoms with Gasteiger partial charge in [-0.1, -0.05) is 38.1 Å². The zero-order valence-corrected chi connectivity index (χ0v) is 15.4. The number of nitrogens with one attached hydrogen (secondary N) is 3. The predicted octanol–water partition coefficient (Wildman–Crippen LogP) is 3.31. The Morgan fingerprint density at radius 3 is 2.41 bits per heavy atom. The summed E-state index contributed by atoms with van der Waals surface area (Å²) in [6.07, 6.45) is 1.28. The second kappa shape index (κ2) is 6.49. The first kappa shape index (κ1) is 17.7. The Balaban J connectivity index is 1.83. The van der Waals surface area contributed by atoms with Crippen LogP contribution < -0.4 is 15.9 Å². The summed E-state index contributed by atoms with van der Waals surface area (Å²) >= 11 is 0. The summed E-state index contributed by atoms with van der Waals surface area (Å²) in [5, 5.41) is 26.3. The number of anilines is 2. The molecule has 2 atom stereocenters. The maximum Gasteiger partial charge on any atom is 0.163 e. The molecule has 0 spiro atoms. The van der Waals surface area contributed by atoms with Crippen LogP contribution >= 0.6 is 0 Å². The molecule has 2 aromatic rings. The van der Waals surface area contributed by atoms with Crippen LogP contribution in [0.15, 0.2) is 59.8 Å². The lowest BCUT2D eigenvalue weighted by Gasteiger charge is -2.34. The maximum atomic E-state index is 13.1. The van der Waals surface area contributed by atoms with Gasteiger partial charge in [0.05, 0.1) is 17.4 Å². The third-order valence-electron chi connectivity index (χ3n) is 5.21. The van der Waals surface area contributed by atoms with Gasteiger partial charge in [0.1, 0.15) is 0 Å². The molecule has 140 valence electrons. The number of carbonyl (C=O) groups is 1. The molecule has 0 aromatic heterocycles. The number of Topliss-reactive ketones (excluding diaryl/α,β-unsaturated/α-hetero) is 1. The average molecular weight is 365 g/mol. The Morgan fingerprint density at radius 1 is 1.07 bits per heavy atom. The van der Waals surface area contributed by atoms with Crippen LogP contribution in [0.2, 0.25) is 0 Å². The van der Waals surface area contributed by atoms with Gasteiger partial charge in [0, 0.05) is 29.8 Å². The van der Waals surface area contributed by atoms with Gasteiger partial charge in [-0.05, 0) is 29.5 Å². The summed E-state index contributed by atoms with van der Waals surface area (Å²) in [7, 11) is 0. The Labute approximate surface area is 158 Å². The molecule has 0 fully saturated rings. The molecule has 2 aromatic carbocycles. The van der Waals surface area contributed by atoms with E-state index < -0.39 is 5.23 Å². The number of hydrogen-bond acceptors (Lipinski definition) is 5. The zero-order valence-electron chi connectivity index (χ0n) is 15.4. The minimum Gasteiger partial charge on any atom is -0.595 e. The minimum absolute atomic E-state index is 0.0973. The van der Waals surface area contributed by atoms with E-state index in [1.165, 1.54) is 0 Å². The van der Waals surface area contributed by atoms with E-state index in [1.54, 1.807) is 24.3 Å². The van der Waals surface area contributed by atoms with Crippen molar-refractivity contribution in [2.45, 2.75) is 32.7 Å². The van der Waals surface area contributed by atoms with Gasteiger partial charge < -0.3 is 15.8 Å². The normalized spacial score (nSPS) is 22.1. The van der Waals surface area contributed by atoms with Gasteiger partial charge in [-0.15, -0.1) is 0 Å². The van der Waals surface area contributed by atoms with Gasteiger partial charge in [0.2, 0.25) is 0 Å². The van der Waals surface area contributed by atoms with E-state index in [9.17, 15) is 10.0 Å². The SMILES string of the molecule is CC1(C)CC(=O)C2=C(C1)Nc1ccccc1NC2c1ccc([NH+]([O-])O)cc1. The first-order valence-corrected chi connectivity index (χ1v) is 9.06. The summed E-state index contributed by atoms with van der Waals surface area (Å²) in [5.74, 6) is 0.126. The summed E-state index contributed by atoms with van der Waals surface area (Å²) in [6.45, 7) is 4.22. The van der Waals surface area contributed by atoms with Crippen molar-refractivity contribution in [1.82, 2.24) is 0 Å². The molecular formula is C21H23N3O3. The molecule has 27 heavy (non-hydrogen) atoms. The standard InChI is InChI=1S/C21H23N3O3/c1-21(2)11-17-19(18(25)12-21)20(13-7-9-14(10-8-13)24(26)27)23-16-6-4-3-5-15(16)22-17/h3-10,20,22-24,26H,11-12H2,1-2H3. The van der Waals surface area contributed by atoms with Crippen molar-refractivity contribution in [3.8, 4) is 0 Å². The highest BCUT2D eigenvalue weighted by molar-refractivity contribution is 6.01. The van der Waals surface area contributed by atoms with E-state index in [-0.39, 0.29) is 22.9 Å². The average Bonchev–Trinajstić information content (AvgIpc) is 2.77. The van der Waals surface area contributed by atoms with E-state index in [4.69, 9.17) is 5.21 Å². The van der Waals surface area contributed by atoms with Crippen LogP contribution in [0, 0.1) is 10.6 Å². The largest absolute Gasteiger partial charge is 0.595 e. The fourth-order valence-electron chi connectivity index (χ4n) is 3.96. The minimum atomic E-state index is -0.960. The summed E-state index contributed by atoms with van der Waals surface area (Å²) < 4.78 is 0. The van der Waals surface area contributed by atoms with E-state index in [1.807, 2.05) is 24.3 Å². The van der Waals surface area contributed by atoms with Crippen molar-refractivity contribution < 1.29 is 15.2 Å². The van der Waals surface area contributed by atoms with Gasteiger partial charge in [-0.2, -0.15) is 5.23 Å². The molecule has 1 heterocycles. The van der Waals surface area contributed by atoms with E-state index >= 15 is 0 Å². The van der Waals surface area contributed by atoms with Crippen molar-refractivity contribution in [2.75, 3.05) is 10.6 Å². The van der Waals surface area contributed by atoms with E-state index in [2.05, 4.69) is 24.5 Å². The Bertz CT molecular complexity index is 917. The summed E-state index contributed by atoms with van der Waals surface area (Å²) in [4.78, 5) is 13.1. The molecule has 0 saturated carbocycles. The number of benzene rings is 2. The third-order valence-corrected chi connectivity index (χ3v) is 5.21. The summed E-state index contributed by atoms with van der Waals surface area (Å²) in [5.41, 5.74) is 4.56. The molecular weight excluding hydrogens is 342 g/mol. The van der Waals surface area contributed by atoms with Crippen LogP contribution in [-0.2, 0) is 4.79 Å². The second-order valence-electron chi connectivity index (χ2n) is 8.01. The first-order chi connectivity index (χ1) is 12.8. The number of ketones is 1. The van der Waals surface area contributed by atoms with Crippen LogP contribution in [0.4, 0.5) is 17.1 Å². The fraction of sp³-hybridized carbons (Fsp3) is 0.286. The first-order valence-electron chi connectivity index (χ1n) is 9.06. The lowest BCUT2D eigenvalue weighted by atomic mass is 9.73. The number of carbonyl (C=O) groups excluding carboxylic acids is 1. The van der Waals surface area contributed by atoms with Crippen LogP contribution in [0.3, 0.4) is 0 Å². The number of quaternary nitrogens is 1. The number of fused-ring (bicyclic) bond motifs is 1. The van der Waals surface area contributed by atoms with Crippen LogP contribution in [0.5, 0.6) is 0 Å². The second-order valence-corrected chi connectivity index (χ2v) is 8.01. The molecule has 6 nitrogen and oxygen atoms in total.